The molecular weight excluding hydrogens is 166 g/mol. The summed E-state index contributed by atoms with van der Waals surface area (Å²) in [5, 5.41) is 0. The number of hydrogen-bond donors (Lipinski definition) is 1. The highest BCUT2D eigenvalue weighted by Crippen LogP contribution is 2.33. The normalized spacial score (nSPS) is 22.2. The van der Waals surface area contributed by atoms with Crippen LogP contribution >= 0.6 is 11.8 Å². The minimum Gasteiger partial charge on any atom is -0.327 e. The Kier molecular flexibility index (Phi) is 4.44. The topological polar surface area (TPSA) is 26.0 Å². The maximum Gasteiger partial charge on any atom is 0.0158 e. The highest BCUT2D eigenvalue weighted by atomic mass is 32.2. The summed E-state index contributed by atoms with van der Waals surface area (Å²) in [4.78, 5) is 0. The van der Waals surface area contributed by atoms with Gasteiger partial charge in [0, 0.05) is 11.8 Å². The van der Waals surface area contributed by atoms with E-state index in [1.54, 1.807) is 0 Å². The van der Waals surface area contributed by atoms with Gasteiger partial charge in [0.25, 0.3) is 0 Å². The first kappa shape index (κ1) is 10.4. The molecule has 0 amide bonds. The SMILES string of the molecule is CCC(C)CSCC(N)C1CC1. The van der Waals surface area contributed by atoms with E-state index in [1.165, 1.54) is 30.8 Å². The summed E-state index contributed by atoms with van der Waals surface area (Å²) >= 11 is 2.04. The van der Waals surface area contributed by atoms with Gasteiger partial charge < -0.3 is 5.73 Å². The third-order valence-corrected chi connectivity index (χ3v) is 4.06. The Labute approximate surface area is 80.5 Å². The molecule has 1 aliphatic rings. The first-order valence-corrected chi connectivity index (χ1v) is 6.22. The zero-order chi connectivity index (χ0) is 8.97. The van der Waals surface area contributed by atoms with Crippen LogP contribution in [0.3, 0.4) is 0 Å². The van der Waals surface area contributed by atoms with Crippen molar-refractivity contribution in [3.63, 3.8) is 0 Å². The molecule has 1 aliphatic carbocycles. The van der Waals surface area contributed by atoms with Crippen molar-refractivity contribution in [1.82, 2.24) is 0 Å². The van der Waals surface area contributed by atoms with E-state index < -0.39 is 0 Å². The van der Waals surface area contributed by atoms with Crippen molar-refractivity contribution >= 4 is 11.8 Å². The fraction of sp³-hybridized carbons (Fsp3) is 1.00. The van der Waals surface area contributed by atoms with Gasteiger partial charge in [0.05, 0.1) is 0 Å². The fourth-order valence-electron chi connectivity index (χ4n) is 1.18. The Balaban J connectivity index is 1.93. The maximum absolute atomic E-state index is 5.99. The molecule has 1 fully saturated rings. The molecule has 2 unspecified atom stereocenters. The van der Waals surface area contributed by atoms with Crippen molar-refractivity contribution in [1.29, 1.82) is 0 Å². The predicted octanol–water partition coefficient (Wildman–Crippen LogP) is 2.50. The molecule has 0 aromatic rings. The number of hydrogen-bond acceptors (Lipinski definition) is 2. The van der Waals surface area contributed by atoms with Gasteiger partial charge in [-0.15, -0.1) is 0 Å². The van der Waals surface area contributed by atoms with Gasteiger partial charge in [-0.3, -0.25) is 0 Å². The minimum absolute atomic E-state index is 0.485. The predicted molar refractivity (Wildman–Crippen MR) is 57.5 cm³/mol. The number of thioether (sulfide) groups is 1. The molecule has 0 spiro atoms. The molecule has 2 heteroatoms. The number of rotatable bonds is 6. The highest BCUT2D eigenvalue weighted by Gasteiger charge is 2.27. The van der Waals surface area contributed by atoms with E-state index in [0.717, 1.165) is 11.8 Å². The Bertz CT molecular complexity index is 123. The second-order valence-electron chi connectivity index (χ2n) is 4.05. The van der Waals surface area contributed by atoms with Gasteiger partial charge in [0.1, 0.15) is 0 Å². The van der Waals surface area contributed by atoms with Crippen LogP contribution in [-0.2, 0) is 0 Å². The van der Waals surface area contributed by atoms with Crippen LogP contribution in [0.25, 0.3) is 0 Å². The molecule has 0 heterocycles. The smallest absolute Gasteiger partial charge is 0.0158 e. The van der Waals surface area contributed by atoms with E-state index in [-0.39, 0.29) is 0 Å². The molecule has 1 saturated carbocycles. The molecule has 2 N–H and O–H groups in total. The van der Waals surface area contributed by atoms with Crippen molar-refractivity contribution < 1.29 is 0 Å². The van der Waals surface area contributed by atoms with Crippen LogP contribution in [0, 0.1) is 11.8 Å². The highest BCUT2D eigenvalue weighted by molar-refractivity contribution is 7.99. The van der Waals surface area contributed by atoms with Crippen LogP contribution in [0.4, 0.5) is 0 Å². The van der Waals surface area contributed by atoms with Gasteiger partial charge in [-0.05, 0) is 30.4 Å². The zero-order valence-electron chi connectivity index (χ0n) is 8.25. The Morgan fingerprint density at radius 2 is 2.08 bits per heavy atom. The van der Waals surface area contributed by atoms with Gasteiger partial charge >= 0.3 is 0 Å². The van der Waals surface area contributed by atoms with Crippen LogP contribution in [0.1, 0.15) is 33.1 Å². The third kappa shape index (κ3) is 3.81. The van der Waals surface area contributed by atoms with Gasteiger partial charge in [-0.2, -0.15) is 11.8 Å². The Morgan fingerprint density at radius 3 is 2.58 bits per heavy atom. The van der Waals surface area contributed by atoms with Crippen molar-refractivity contribution in [2.75, 3.05) is 11.5 Å². The van der Waals surface area contributed by atoms with Crippen molar-refractivity contribution in [3.05, 3.63) is 0 Å². The largest absolute Gasteiger partial charge is 0.327 e. The van der Waals surface area contributed by atoms with E-state index in [2.05, 4.69) is 13.8 Å². The summed E-state index contributed by atoms with van der Waals surface area (Å²) in [6.07, 6.45) is 4.06. The summed E-state index contributed by atoms with van der Waals surface area (Å²) in [6.45, 7) is 4.57. The Hall–Kier alpha value is 0.310. The lowest BCUT2D eigenvalue weighted by Crippen LogP contribution is -2.25. The van der Waals surface area contributed by atoms with E-state index >= 15 is 0 Å². The van der Waals surface area contributed by atoms with E-state index in [0.29, 0.717) is 6.04 Å². The summed E-state index contributed by atoms with van der Waals surface area (Å²) in [5.41, 5.74) is 5.99. The average molecular weight is 187 g/mol. The fourth-order valence-corrected chi connectivity index (χ4v) is 2.50. The molecule has 2 atom stereocenters. The van der Waals surface area contributed by atoms with Crippen molar-refractivity contribution in [3.8, 4) is 0 Å². The van der Waals surface area contributed by atoms with E-state index in [1.807, 2.05) is 11.8 Å². The first-order chi connectivity index (χ1) is 5.74. The first-order valence-electron chi connectivity index (χ1n) is 5.07. The molecule has 0 radical (unpaired) electrons. The van der Waals surface area contributed by atoms with Crippen LogP contribution in [0.5, 0.6) is 0 Å². The molecule has 12 heavy (non-hydrogen) atoms. The lowest BCUT2D eigenvalue weighted by molar-refractivity contribution is 0.630. The molecular formula is C10H21NS. The molecule has 0 aliphatic heterocycles. The van der Waals surface area contributed by atoms with E-state index in [4.69, 9.17) is 5.73 Å². The quantitative estimate of drug-likeness (QED) is 0.691. The van der Waals surface area contributed by atoms with Crippen molar-refractivity contribution in [2.45, 2.75) is 39.2 Å². The molecule has 1 rings (SSSR count). The van der Waals surface area contributed by atoms with Gasteiger partial charge in [0.15, 0.2) is 0 Å². The van der Waals surface area contributed by atoms with Crippen LogP contribution in [0.2, 0.25) is 0 Å². The third-order valence-electron chi connectivity index (χ3n) is 2.64. The van der Waals surface area contributed by atoms with Crippen LogP contribution in [0.15, 0.2) is 0 Å². The standard InChI is InChI=1S/C10H21NS/c1-3-8(2)6-12-7-10(11)9-4-5-9/h8-10H,3-7,11H2,1-2H3. The molecule has 1 nitrogen and oxygen atoms in total. The lowest BCUT2D eigenvalue weighted by atomic mass is 10.2. The second kappa shape index (κ2) is 5.13. The van der Waals surface area contributed by atoms with Crippen LogP contribution in [-0.4, -0.2) is 17.5 Å². The number of nitrogens with two attached hydrogens (primary N) is 1. The molecule has 72 valence electrons. The van der Waals surface area contributed by atoms with Gasteiger partial charge in [0.2, 0.25) is 0 Å². The summed E-state index contributed by atoms with van der Waals surface area (Å²) in [6, 6.07) is 0.485. The van der Waals surface area contributed by atoms with Gasteiger partial charge in [-0.1, -0.05) is 20.3 Å². The second-order valence-corrected chi connectivity index (χ2v) is 5.13. The van der Waals surface area contributed by atoms with Crippen molar-refractivity contribution in [2.24, 2.45) is 17.6 Å². The molecule has 0 aromatic carbocycles. The summed E-state index contributed by atoms with van der Waals surface area (Å²) in [5.74, 6) is 4.20. The zero-order valence-corrected chi connectivity index (χ0v) is 9.07. The summed E-state index contributed by atoms with van der Waals surface area (Å²) < 4.78 is 0. The van der Waals surface area contributed by atoms with Gasteiger partial charge in [-0.25, -0.2) is 0 Å². The lowest BCUT2D eigenvalue weighted by Gasteiger charge is -2.11. The molecule has 0 saturated heterocycles. The average Bonchev–Trinajstić information content (AvgIpc) is 2.86. The molecule has 0 aromatic heterocycles. The Morgan fingerprint density at radius 1 is 1.42 bits per heavy atom. The van der Waals surface area contributed by atoms with Crippen LogP contribution < -0.4 is 5.73 Å². The molecule has 0 bridgehead atoms. The maximum atomic E-state index is 5.99. The summed E-state index contributed by atoms with van der Waals surface area (Å²) in [7, 11) is 0. The minimum atomic E-state index is 0.485. The monoisotopic (exact) mass is 187 g/mol. The van der Waals surface area contributed by atoms with E-state index in [9.17, 15) is 0 Å².